The normalized spacial score (nSPS) is 11.8. The fraction of sp³-hybridized carbons (Fsp3) is 0.417. The molecule has 4 heteroatoms. The molecule has 0 spiro atoms. The highest BCUT2D eigenvalue weighted by Gasteiger charge is 2.18. The predicted molar refractivity (Wildman–Crippen MR) is 59.4 cm³/mol. The van der Waals surface area contributed by atoms with Crippen LogP contribution in [-0.4, -0.2) is 18.6 Å². The molecule has 0 fully saturated rings. The second-order valence-corrected chi connectivity index (χ2v) is 3.17. The Morgan fingerprint density at radius 2 is 2.56 bits per heavy atom. The summed E-state index contributed by atoms with van der Waals surface area (Å²) in [5.41, 5.74) is 0. The minimum Gasteiger partial charge on any atom is -0.468 e. The SMILES string of the molecule is C#CC[C@H](NCc1ccco1)C(=O)OCC. The van der Waals surface area contributed by atoms with Crippen molar-refractivity contribution in [1.29, 1.82) is 0 Å². The molecule has 1 rings (SSSR count). The molecule has 0 aromatic carbocycles. The summed E-state index contributed by atoms with van der Waals surface area (Å²) in [5, 5.41) is 3.00. The second-order valence-electron chi connectivity index (χ2n) is 3.17. The molecule has 0 saturated carbocycles. The van der Waals surface area contributed by atoms with Crippen molar-refractivity contribution in [1.82, 2.24) is 5.32 Å². The lowest BCUT2D eigenvalue weighted by atomic mass is 10.2. The summed E-state index contributed by atoms with van der Waals surface area (Å²) in [6, 6.07) is 3.14. The Hall–Kier alpha value is -1.73. The van der Waals surface area contributed by atoms with E-state index in [2.05, 4.69) is 11.2 Å². The van der Waals surface area contributed by atoms with Gasteiger partial charge in [0.05, 0.1) is 19.4 Å². The highest BCUT2D eigenvalue weighted by atomic mass is 16.5. The van der Waals surface area contributed by atoms with Crippen LogP contribution in [-0.2, 0) is 16.1 Å². The van der Waals surface area contributed by atoms with Crippen molar-refractivity contribution in [2.45, 2.75) is 25.9 Å². The van der Waals surface area contributed by atoms with Gasteiger partial charge in [-0.1, -0.05) is 0 Å². The molecule has 1 atom stereocenters. The molecule has 1 aromatic heterocycles. The maximum atomic E-state index is 11.5. The van der Waals surface area contributed by atoms with Gasteiger partial charge in [-0.15, -0.1) is 12.3 Å². The van der Waals surface area contributed by atoms with Crippen LogP contribution < -0.4 is 5.32 Å². The lowest BCUT2D eigenvalue weighted by molar-refractivity contribution is -0.145. The number of terminal acetylenes is 1. The Bertz CT molecular complexity index is 351. The average Bonchev–Trinajstić information content (AvgIpc) is 2.77. The number of nitrogens with one attached hydrogen (secondary N) is 1. The molecule has 0 aliphatic heterocycles. The van der Waals surface area contributed by atoms with E-state index >= 15 is 0 Å². The third-order valence-corrected chi connectivity index (χ3v) is 2.00. The van der Waals surface area contributed by atoms with E-state index in [9.17, 15) is 4.79 Å². The van der Waals surface area contributed by atoms with Gasteiger partial charge in [0.1, 0.15) is 11.8 Å². The molecule has 1 heterocycles. The van der Waals surface area contributed by atoms with E-state index in [1.54, 1.807) is 19.3 Å². The van der Waals surface area contributed by atoms with E-state index in [1.165, 1.54) is 0 Å². The maximum Gasteiger partial charge on any atom is 0.324 e. The number of rotatable bonds is 6. The molecular formula is C12H15NO3. The highest BCUT2D eigenvalue weighted by Crippen LogP contribution is 2.02. The van der Waals surface area contributed by atoms with Crippen LogP contribution in [0.1, 0.15) is 19.1 Å². The van der Waals surface area contributed by atoms with E-state index in [1.807, 2.05) is 6.07 Å². The van der Waals surface area contributed by atoms with E-state index < -0.39 is 6.04 Å². The first-order valence-electron chi connectivity index (χ1n) is 5.13. The number of carbonyl (C=O) groups excluding carboxylic acids is 1. The Kier molecular flexibility index (Phi) is 5.17. The zero-order chi connectivity index (χ0) is 11.8. The Balaban J connectivity index is 2.45. The van der Waals surface area contributed by atoms with Gasteiger partial charge in [-0.25, -0.2) is 0 Å². The van der Waals surface area contributed by atoms with Crippen LogP contribution in [0.5, 0.6) is 0 Å². The summed E-state index contributed by atoms with van der Waals surface area (Å²) in [7, 11) is 0. The largest absolute Gasteiger partial charge is 0.468 e. The van der Waals surface area contributed by atoms with Crippen LogP contribution in [0.4, 0.5) is 0 Å². The molecule has 0 saturated heterocycles. The van der Waals surface area contributed by atoms with Gasteiger partial charge in [0.2, 0.25) is 0 Å². The molecule has 1 aromatic rings. The van der Waals surface area contributed by atoms with Crippen LogP contribution >= 0.6 is 0 Å². The zero-order valence-electron chi connectivity index (χ0n) is 9.23. The summed E-state index contributed by atoms with van der Waals surface area (Å²) in [4.78, 5) is 11.5. The summed E-state index contributed by atoms with van der Waals surface area (Å²) in [5.74, 6) is 2.87. The first-order chi connectivity index (χ1) is 7.77. The fourth-order valence-electron chi connectivity index (χ4n) is 1.24. The van der Waals surface area contributed by atoms with Crippen molar-refractivity contribution in [3.8, 4) is 12.3 Å². The third kappa shape index (κ3) is 3.79. The van der Waals surface area contributed by atoms with Crippen molar-refractivity contribution in [3.63, 3.8) is 0 Å². The lowest BCUT2D eigenvalue weighted by Gasteiger charge is -2.13. The number of ether oxygens (including phenoxy) is 1. The van der Waals surface area contributed by atoms with E-state index in [0.717, 1.165) is 5.76 Å². The predicted octanol–water partition coefficient (Wildman–Crippen LogP) is 1.32. The molecule has 0 unspecified atom stereocenters. The molecule has 0 bridgehead atoms. The highest BCUT2D eigenvalue weighted by molar-refractivity contribution is 5.76. The van der Waals surface area contributed by atoms with Gasteiger partial charge in [-0.2, -0.15) is 0 Å². The number of carbonyl (C=O) groups is 1. The quantitative estimate of drug-likeness (QED) is 0.581. The maximum absolute atomic E-state index is 11.5. The summed E-state index contributed by atoms with van der Waals surface area (Å²) >= 11 is 0. The van der Waals surface area contributed by atoms with E-state index in [-0.39, 0.29) is 5.97 Å². The molecule has 1 N–H and O–H groups in total. The smallest absolute Gasteiger partial charge is 0.324 e. The average molecular weight is 221 g/mol. The van der Waals surface area contributed by atoms with Crippen LogP contribution in [0.25, 0.3) is 0 Å². The molecule has 16 heavy (non-hydrogen) atoms. The number of esters is 1. The molecule has 0 aliphatic carbocycles. The summed E-state index contributed by atoms with van der Waals surface area (Å²) in [6.07, 6.45) is 7.08. The fourth-order valence-corrected chi connectivity index (χ4v) is 1.24. The Labute approximate surface area is 95.0 Å². The summed E-state index contributed by atoms with van der Waals surface area (Å²) < 4.78 is 10.0. The molecule has 0 radical (unpaired) electrons. The van der Waals surface area contributed by atoms with Crippen LogP contribution in [0.3, 0.4) is 0 Å². The molecular weight excluding hydrogens is 206 g/mol. The monoisotopic (exact) mass is 221 g/mol. The zero-order valence-corrected chi connectivity index (χ0v) is 9.23. The van der Waals surface area contributed by atoms with Crippen molar-refractivity contribution in [2.75, 3.05) is 6.61 Å². The standard InChI is InChI=1S/C12H15NO3/c1-3-6-11(12(14)15-4-2)13-9-10-7-5-8-16-10/h1,5,7-8,11,13H,4,6,9H2,2H3/t11-/m0/s1. The second kappa shape index (κ2) is 6.70. The first kappa shape index (κ1) is 12.3. The van der Waals surface area contributed by atoms with Crippen molar-refractivity contribution >= 4 is 5.97 Å². The summed E-state index contributed by atoms with van der Waals surface area (Å²) in [6.45, 7) is 2.57. The van der Waals surface area contributed by atoms with Gasteiger partial charge in [-0.05, 0) is 19.1 Å². The molecule has 0 amide bonds. The molecule has 86 valence electrons. The van der Waals surface area contributed by atoms with Crippen LogP contribution in [0.15, 0.2) is 22.8 Å². The van der Waals surface area contributed by atoms with Crippen LogP contribution in [0.2, 0.25) is 0 Å². The van der Waals surface area contributed by atoms with Gasteiger partial charge in [0.15, 0.2) is 0 Å². The van der Waals surface area contributed by atoms with Gasteiger partial charge >= 0.3 is 5.97 Å². The number of hydrogen-bond donors (Lipinski definition) is 1. The van der Waals surface area contributed by atoms with Gasteiger partial charge in [-0.3, -0.25) is 10.1 Å². The van der Waals surface area contributed by atoms with Gasteiger partial charge < -0.3 is 9.15 Å². The minimum absolute atomic E-state index is 0.305. The van der Waals surface area contributed by atoms with Crippen molar-refractivity contribution in [3.05, 3.63) is 24.2 Å². The third-order valence-electron chi connectivity index (χ3n) is 2.00. The number of furan rings is 1. The minimum atomic E-state index is -0.477. The molecule has 4 nitrogen and oxygen atoms in total. The first-order valence-corrected chi connectivity index (χ1v) is 5.13. The van der Waals surface area contributed by atoms with Crippen molar-refractivity contribution < 1.29 is 13.9 Å². The van der Waals surface area contributed by atoms with Gasteiger partial charge in [0, 0.05) is 6.42 Å². The Morgan fingerprint density at radius 1 is 1.75 bits per heavy atom. The van der Waals surface area contributed by atoms with Gasteiger partial charge in [0.25, 0.3) is 0 Å². The van der Waals surface area contributed by atoms with E-state index in [4.69, 9.17) is 15.6 Å². The van der Waals surface area contributed by atoms with Crippen molar-refractivity contribution in [2.24, 2.45) is 0 Å². The topological polar surface area (TPSA) is 51.5 Å². The van der Waals surface area contributed by atoms with Crippen LogP contribution in [0, 0.1) is 12.3 Å². The molecule has 0 aliphatic rings. The van der Waals surface area contributed by atoms with E-state index in [0.29, 0.717) is 19.6 Å². The Morgan fingerprint density at radius 3 is 3.12 bits per heavy atom. The lowest BCUT2D eigenvalue weighted by Crippen LogP contribution is -2.37. The number of hydrogen-bond acceptors (Lipinski definition) is 4.